The number of amides is 1. The summed E-state index contributed by atoms with van der Waals surface area (Å²) in [4.78, 5) is 31.1. The van der Waals surface area contributed by atoms with Crippen molar-refractivity contribution in [2.45, 2.75) is 32.1 Å². The number of benzene rings is 2. The summed E-state index contributed by atoms with van der Waals surface area (Å²) in [6.45, 7) is 1.87. The van der Waals surface area contributed by atoms with Crippen LogP contribution in [-0.2, 0) is 9.59 Å². The van der Waals surface area contributed by atoms with Crippen LogP contribution in [0.5, 0.6) is 0 Å². The number of halogens is 2. The molecule has 8 heteroatoms. The molecule has 1 aliphatic carbocycles. The molecule has 32 heavy (non-hydrogen) atoms. The van der Waals surface area contributed by atoms with Crippen molar-refractivity contribution >= 4 is 65.9 Å². The second kappa shape index (κ2) is 8.46. The lowest BCUT2D eigenvalue weighted by Crippen LogP contribution is -2.35. The lowest BCUT2D eigenvalue weighted by molar-refractivity contribution is -0.116. The van der Waals surface area contributed by atoms with E-state index in [2.05, 4.69) is 31.5 Å². The molecule has 1 atom stereocenters. The highest BCUT2D eigenvalue weighted by Gasteiger charge is 2.39. The Morgan fingerprint density at radius 3 is 2.88 bits per heavy atom. The molecule has 162 valence electrons. The van der Waals surface area contributed by atoms with Crippen molar-refractivity contribution in [1.82, 2.24) is 10.3 Å². The van der Waals surface area contributed by atoms with E-state index in [1.165, 1.54) is 11.3 Å². The second-order valence-electron chi connectivity index (χ2n) is 7.87. The normalized spacial score (nSPS) is 18.6. The van der Waals surface area contributed by atoms with E-state index in [1.807, 2.05) is 43.3 Å². The minimum absolute atomic E-state index is 0.0614. The number of anilines is 1. The molecule has 2 aromatic carbocycles. The number of allylic oxidation sites excluding steroid dienone is 3. The molecular formula is C24H19BrClN3O2S. The Labute approximate surface area is 202 Å². The van der Waals surface area contributed by atoms with E-state index in [-0.39, 0.29) is 11.7 Å². The number of carbonyl (C=O) groups excluding carboxylic acids is 2. The zero-order chi connectivity index (χ0) is 22.4. The zero-order valence-corrected chi connectivity index (χ0v) is 20.3. The molecule has 1 aromatic heterocycles. The van der Waals surface area contributed by atoms with Crippen LogP contribution in [0.15, 0.2) is 69.5 Å². The van der Waals surface area contributed by atoms with Crippen LogP contribution >= 0.6 is 38.9 Å². The molecule has 2 aliphatic rings. The number of aromatic nitrogens is 1. The SMILES string of the molecule is CC1=C(C(=O)Nc2nc3ccc(Br)cc3s2)C(c2ccccc2Cl)C2=C(CCCC2=O)N1. The number of nitrogens with one attached hydrogen (secondary N) is 2. The lowest BCUT2D eigenvalue weighted by Gasteiger charge is -2.34. The summed E-state index contributed by atoms with van der Waals surface area (Å²) in [5.41, 5.74) is 4.34. The van der Waals surface area contributed by atoms with Crippen LogP contribution in [0.25, 0.3) is 10.2 Å². The maximum Gasteiger partial charge on any atom is 0.256 e. The first-order chi connectivity index (χ1) is 15.4. The number of carbonyl (C=O) groups is 2. The van der Waals surface area contributed by atoms with E-state index < -0.39 is 5.92 Å². The first-order valence-electron chi connectivity index (χ1n) is 10.3. The number of dihydropyridines is 1. The largest absolute Gasteiger partial charge is 0.362 e. The van der Waals surface area contributed by atoms with Gasteiger partial charge in [0, 0.05) is 44.4 Å². The molecule has 0 spiro atoms. The smallest absolute Gasteiger partial charge is 0.256 e. The van der Waals surface area contributed by atoms with Gasteiger partial charge in [0.25, 0.3) is 5.91 Å². The highest BCUT2D eigenvalue weighted by molar-refractivity contribution is 9.10. The van der Waals surface area contributed by atoms with Gasteiger partial charge >= 0.3 is 0 Å². The fraction of sp³-hybridized carbons (Fsp3) is 0.208. The van der Waals surface area contributed by atoms with Crippen LogP contribution in [0.2, 0.25) is 5.02 Å². The molecule has 0 radical (unpaired) electrons. The van der Waals surface area contributed by atoms with Crippen molar-refractivity contribution in [2.75, 3.05) is 5.32 Å². The van der Waals surface area contributed by atoms with E-state index in [0.717, 1.165) is 44.5 Å². The average molecular weight is 529 g/mol. The number of thiazole rings is 1. The van der Waals surface area contributed by atoms with Crippen LogP contribution in [-0.4, -0.2) is 16.7 Å². The fourth-order valence-corrected chi connectivity index (χ4v) is 6.08. The molecule has 1 amide bonds. The van der Waals surface area contributed by atoms with E-state index in [4.69, 9.17) is 11.6 Å². The van der Waals surface area contributed by atoms with Gasteiger partial charge in [-0.05, 0) is 49.6 Å². The summed E-state index contributed by atoms with van der Waals surface area (Å²) < 4.78 is 1.92. The van der Waals surface area contributed by atoms with Gasteiger partial charge in [0.05, 0.1) is 10.2 Å². The number of rotatable bonds is 3. The molecule has 0 saturated carbocycles. The minimum atomic E-state index is -0.517. The first kappa shape index (κ1) is 21.4. The third-order valence-corrected chi connectivity index (χ3v) is 7.58. The molecule has 5 nitrogen and oxygen atoms in total. The standard InChI is InChI=1S/C24H19BrClN3O2S/c1-12-20(23(31)29-24-28-16-10-9-13(25)11-19(16)32-24)21(14-5-2-3-6-15(14)26)22-17(27-12)7-4-8-18(22)30/h2-3,5-6,9-11,21,27H,4,7-8H2,1H3,(H,28,29,31). The summed E-state index contributed by atoms with van der Waals surface area (Å²) in [6, 6.07) is 13.2. The number of Topliss-reactive ketones (excluding diaryl/α,β-unsaturated/α-hetero) is 1. The van der Waals surface area contributed by atoms with Crippen LogP contribution in [0.4, 0.5) is 5.13 Å². The van der Waals surface area contributed by atoms with Gasteiger partial charge in [-0.3, -0.25) is 14.9 Å². The topological polar surface area (TPSA) is 71.1 Å². The van der Waals surface area contributed by atoms with Gasteiger partial charge in [-0.25, -0.2) is 4.98 Å². The molecule has 2 heterocycles. The molecule has 0 fully saturated rings. The molecule has 3 aromatic rings. The summed E-state index contributed by atoms with van der Waals surface area (Å²) in [6.07, 6.45) is 2.05. The molecule has 1 unspecified atom stereocenters. The van der Waals surface area contributed by atoms with E-state index in [1.54, 1.807) is 6.07 Å². The highest BCUT2D eigenvalue weighted by atomic mass is 79.9. The number of fused-ring (bicyclic) bond motifs is 1. The van der Waals surface area contributed by atoms with Crippen LogP contribution < -0.4 is 10.6 Å². The van der Waals surface area contributed by atoms with E-state index in [9.17, 15) is 9.59 Å². The quantitative estimate of drug-likeness (QED) is 0.417. The van der Waals surface area contributed by atoms with Crippen LogP contribution in [0.1, 0.15) is 37.7 Å². The van der Waals surface area contributed by atoms with Crippen molar-refractivity contribution in [3.05, 3.63) is 80.1 Å². The third-order valence-electron chi connectivity index (χ3n) is 5.81. The number of ketones is 1. The van der Waals surface area contributed by atoms with E-state index in [0.29, 0.717) is 27.7 Å². The third kappa shape index (κ3) is 3.78. The maximum absolute atomic E-state index is 13.6. The Kier molecular flexibility index (Phi) is 5.65. The highest BCUT2D eigenvalue weighted by Crippen LogP contribution is 2.44. The molecule has 0 bridgehead atoms. The molecule has 5 rings (SSSR count). The first-order valence-corrected chi connectivity index (χ1v) is 12.3. The second-order valence-corrected chi connectivity index (χ2v) is 10.2. The Bertz CT molecular complexity index is 1340. The van der Waals surface area contributed by atoms with E-state index >= 15 is 0 Å². The number of nitrogens with zero attached hydrogens (tertiary/aromatic N) is 1. The summed E-state index contributed by atoms with van der Waals surface area (Å²) in [5, 5.41) is 7.33. The van der Waals surface area contributed by atoms with Gasteiger partial charge in [-0.1, -0.05) is 57.1 Å². The van der Waals surface area contributed by atoms with Gasteiger partial charge in [-0.2, -0.15) is 0 Å². The Morgan fingerprint density at radius 2 is 2.06 bits per heavy atom. The maximum atomic E-state index is 13.6. The molecular weight excluding hydrogens is 510 g/mol. The predicted octanol–water partition coefficient (Wildman–Crippen LogP) is 6.32. The zero-order valence-electron chi connectivity index (χ0n) is 17.2. The average Bonchev–Trinajstić information content (AvgIpc) is 3.14. The van der Waals surface area contributed by atoms with Crippen molar-refractivity contribution < 1.29 is 9.59 Å². The van der Waals surface area contributed by atoms with Crippen molar-refractivity contribution in [3.8, 4) is 0 Å². The van der Waals surface area contributed by atoms with Crippen LogP contribution in [0.3, 0.4) is 0 Å². The van der Waals surface area contributed by atoms with Crippen molar-refractivity contribution in [1.29, 1.82) is 0 Å². The van der Waals surface area contributed by atoms with Crippen molar-refractivity contribution in [2.24, 2.45) is 0 Å². The molecule has 0 saturated heterocycles. The Balaban J connectivity index is 1.57. The summed E-state index contributed by atoms with van der Waals surface area (Å²) >= 11 is 11.4. The van der Waals surface area contributed by atoms with Gasteiger partial charge in [-0.15, -0.1) is 0 Å². The van der Waals surface area contributed by atoms with Gasteiger partial charge in [0.1, 0.15) is 0 Å². The van der Waals surface area contributed by atoms with Crippen molar-refractivity contribution in [3.63, 3.8) is 0 Å². The Hall–Kier alpha value is -2.48. The summed E-state index contributed by atoms with van der Waals surface area (Å²) in [7, 11) is 0. The van der Waals surface area contributed by atoms with Crippen LogP contribution in [0, 0.1) is 0 Å². The van der Waals surface area contributed by atoms with Gasteiger partial charge in [0.15, 0.2) is 10.9 Å². The minimum Gasteiger partial charge on any atom is -0.362 e. The monoisotopic (exact) mass is 527 g/mol. The predicted molar refractivity (Wildman–Crippen MR) is 132 cm³/mol. The van der Waals surface area contributed by atoms with Gasteiger partial charge < -0.3 is 5.32 Å². The van der Waals surface area contributed by atoms with Gasteiger partial charge in [0.2, 0.25) is 0 Å². The number of hydrogen-bond donors (Lipinski definition) is 2. The Morgan fingerprint density at radius 1 is 1.25 bits per heavy atom. The lowest BCUT2D eigenvalue weighted by atomic mass is 9.75. The number of hydrogen-bond acceptors (Lipinski definition) is 5. The molecule has 2 N–H and O–H groups in total. The fourth-order valence-electron chi connectivity index (χ4n) is 4.42. The summed E-state index contributed by atoms with van der Waals surface area (Å²) in [5.74, 6) is -0.745. The molecule has 1 aliphatic heterocycles.